The Morgan fingerprint density at radius 3 is 2.54 bits per heavy atom. The Morgan fingerprint density at radius 1 is 1.25 bits per heavy atom. The van der Waals surface area contributed by atoms with Crippen LogP contribution in [0, 0.1) is 0 Å². The highest BCUT2D eigenvalue weighted by Crippen LogP contribution is 2.14. The summed E-state index contributed by atoms with van der Waals surface area (Å²) in [6, 6.07) is 6.56. The molecule has 3 rings (SSSR count). The molecule has 9 heteroatoms. The lowest BCUT2D eigenvalue weighted by Gasteiger charge is -2.34. The molecule has 24 heavy (non-hydrogen) atoms. The summed E-state index contributed by atoms with van der Waals surface area (Å²) in [5.74, 6) is -0.0205. The van der Waals surface area contributed by atoms with Crippen LogP contribution in [0.25, 0.3) is 0 Å². The smallest absolute Gasteiger partial charge is 0.259 e. The average molecular weight is 349 g/mol. The lowest BCUT2D eigenvalue weighted by Crippen LogP contribution is -2.48. The maximum atomic E-state index is 12.5. The Kier molecular flexibility index (Phi) is 5.24. The van der Waals surface area contributed by atoms with Crippen molar-refractivity contribution in [1.82, 2.24) is 19.8 Å². The van der Waals surface area contributed by atoms with Gasteiger partial charge in [-0.2, -0.15) is 0 Å². The number of carbonyl (C=O) groups excluding carboxylic acids is 1. The van der Waals surface area contributed by atoms with E-state index in [0.717, 1.165) is 25.3 Å². The number of benzene rings is 1. The second-order valence-corrected chi connectivity index (χ2v) is 6.28. The molecule has 1 unspecified atom stereocenters. The van der Waals surface area contributed by atoms with Gasteiger partial charge in [0.25, 0.3) is 17.2 Å². The summed E-state index contributed by atoms with van der Waals surface area (Å²) in [6.07, 6.45) is 3.48. The minimum absolute atomic E-state index is 0.0205. The molecular weight excluding hydrogens is 330 g/mol. The van der Waals surface area contributed by atoms with Gasteiger partial charge in [-0.15, -0.1) is 0 Å². The number of aromatic amines is 1. The Bertz CT molecular complexity index is 696. The molecule has 0 bridgehead atoms. The number of amides is 1. The van der Waals surface area contributed by atoms with Crippen LogP contribution in [0.5, 0.6) is 0 Å². The van der Waals surface area contributed by atoms with E-state index in [1.54, 1.807) is 30.6 Å². The summed E-state index contributed by atoms with van der Waals surface area (Å²) in [5, 5.41) is 0. The fraction of sp³-hybridized carbons (Fsp3) is 0.333. The zero-order valence-electron chi connectivity index (χ0n) is 13.0. The van der Waals surface area contributed by atoms with Gasteiger partial charge in [-0.05, 0) is 24.3 Å². The van der Waals surface area contributed by atoms with Crippen LogP contribution < -0.4 is 4.72 Å². The van der Waals surface area contributed by atoms with Crippen molar-refractivity contribution in [3.05, 3.63) is 48.0 Å². The molecule has 2 heterocycles. The average Bonchev–Trinajstić information content (AvgIpc) is 3.08. The number of rotatable bonds is 5. The van der Waals surface area contributed by atoms with E-state index < -0.39 is 11.3 Å². The molecule has 0 radical (unpaired) electrons. The third-order valence-electron chi connectivity index (χ3n) is 3.95. The van der Waals surface area contributed by atoms with Gasteiger partial charge in [0.15, 0.2) is 0 Å². The fourth-order valence-corrected chi connectivity index (χ4v) is 3.02. The van der Waals surface area contributed by atoms with Crippen molar-refractivity contribution >= 4 is 22.9 Å². The maximum absolute atomic E-state index is 12.5. The van der Waals surface area contributed by atoms with Crippen LogP contribution in [-0.4, -0.2) is 60.6 Å². The molecular formula is C15H19N5O3S. The number of hydrogen-bond acceptors (Lipinski definition) is 4. The Balaban J connectivity index is 1.54. The molecule has 2 aromatic rings. The molecule has 0 saturated carbocycles. The quantitative estimate of drug-likeness (QED) is 0.697. The lowest BCUT2D eigenvalue weighted by molar-refractivity contribution is 0.0627. The van der Waals surface area contributed by atoms with Crippen LogP contribution in [0.4, 0.5) is 5.69 Å². The van der Waals surface area contributed by atoms with Crippen LogP contribution in [0.15, 0.2) is 36.8 Å². The van der Waals surface area contributed by atoms with Crippen molar-refractivity contribution in [2.75, 3.05) is 30.9 Å². The van der Waals surface area contributed by atoms with Gasteiger partial charge in [0, 0.05) is 55.9 Å². The molecule has 1 saturated heterocycles. The van der Waals surface area contributed by atoms with Crippen molar-refractivity contribution < 1.29 is 13.6 Å². The van der Waals surface area contributed by atoms with Crippen LogP contribution in [-0.2, 0) is 17.8 Å². The zero-order chi connectivity index (χ0) is 16.9. The molecule has 8 nitrogen and oxygen atoms in total. The first-order chi connectivity index (χ1) is 11.6. The number of aromatic nitrogens is 2. The highest BCUT2D eigenvalue weighted by Gasteiger charge is 2.22. The number of piperazine rings is 1. The van der Waals surface area contributed by atoms with Gasteiger partial charge in [-0.25, -0.2) is 9.19 Å². The van der Waals surface area contributed by atoms with E-state index >= 15 is 0 Å². The number of hydrogen-bond donors (Lipinski definition) is 3. The van der Waals surface area contributed by atoms with Gasteiger partial charge >= 0.3 is 0 Å². The molecule has 1 amide bonds. The number of carbonyl (C=O) groups is 1. The van der Waals surface area contributed by atoms with E-state index in [0.29, 0.717) is 24.3 Å². The highest BCUT2D eigenvalue weighted by molar-refractivity contribution is 7.80. The third-order valence-corrected chi connectivity index (χ3v) is 4.36. The number of H-pyrrole nitrogens is 1. The van der Waals surface area contributed by atoms with Crippen LogP contribution in [0.3, 0.4) is 0 Å². The van der Waals surface area contributed by atoms with Gasteiger partial charge in [0.1, 0.15) is 0 Å². The van der Waals surface area contributed by atoms with Crippen molar-refractivity contribution in [1.29, 1.82) is 0 Å². The Hall–Kier alpha value is -2.23. The Morgan fingerprint density at radius 2 is 1.96 bits per heavy atom. The van der Waals surface area contributed by atoms with E-state index in [1.807, 2.05) is 11.1 Å². The van der Waals surface area contributed by atoms with Crippen molar-refractivity contribution in [2.24, 2.45) is 0 Å². The Labute approximate surface area is 142 Å². The van der Waals surface area contributed by atoms with Crippen LogP contribution >= 0.6 is 0 Å². The van der Waals surface area contributed by atoms with Crippen molar-refractivity contribution in [3.8, 4) is 0 Å². The summed E-state index contributed by atoms with van der Waals surface area (Å²) in [4.78, 5) is 23.7. The fourth-order valence-electron chi connectivity index (χ4n) is 2.69. The van der Waals surface area contributed by atoms with Crippen LogP contribution in [0.1, 0.15) is 16.1 Å². The largest absolute Gasteiger partial charge is 0.347 e. The summed E-state index contributed by atoms with van der Waals surface area (Å²) < 4.78 is 21.8. The third kappa shape index (κ3) is 4.19. The lowest BCUT2D eigenvalue weighted by atomic mass is 10.1. The summed E-state index contributed by atoms with van der Waals surface area (Å²) >= 11 is -2.11. The van der Waals surface area contributed by atoms with E-state index in [2.05, 4.69) is 19.6 Å². The molecule has 1 aromatic carbocycles. The number of nitrogens with zero attached hydrogens (tertiary/aromatic N) is 3. The van der Waals surface area contributed by atoms with Gasteiger partial charge in [0.05, 0.1) is 6.33 Å². The van der Waals surface area contributed by atoms with Gasteiger partial charge in [0.2, 0.25) is 0 Å². The highest BCUT2D eigenvalue weighted by atomic mass is 32.2. The monoisotopic (exact) mass is 349 g/mol. The van der Waals surface area contributed by atoms with Crippen LogP contribution in [0.2, 0.25) is 0 Å². The molecule has 0 spiro atoms. The number of anilines is 1. The first-order valence-electron chi connectivity index (χ1n) is 7.58. The summed E-state index contributed by atoms with van der Waals surface area (Å²) in [7, 11) is 0. The molecule has 128 valence electrons. The van der Waals surface area contributed by atoms with E-state index in [-0.39, 0.29) is 5.91 Å². The van der Waals surface area contributed by atoms with E-state index in [9.17, 15) is 9.00 Å². The molecule has 3 N–H and O–H groups in total. The van der Waals surface area contributed by atoms with Crippen molar-refractivity contribution in [2.45, 2.75) is 6.54 Å². The minimum atomic E-state index is -2.11. The molecule has 0 aliphatic carbocycles. The normalized spacial score (nSPS) is 16.8. The first-order valence-corrected chi connectivity index (χ1v) is 8.69. The predicted octanol–water partition coefficient (Wildman–Crippen LogP) is 0.916. The summed E-state index contributed by atoms with van der Waals surface area (Å²) in [6.45, 7) is 3.78. The first kappa shape index (κ1) is 16.6. The standard InChI is InChI=1S/C15H19N5O3S/c21-15(12-1-3-13(4-2-12)18-24(22)23)20-7-5-19(6-8-20)10-14-9-16-11-17-14/h1-4,9,11,18H,5-8,10H2,(H,16,17)(H,22,23). The second-order valence-electron chi connectivity index (χ2n) is 5.57. The van der Waals surface area contributed by atoms with E-state index in [4.69, 9.17) is 4.55 Å². The number of nitrogens with one attached hydrogen (secondary N) is 2. The topological polar surface area (TPSA) is 102 Å². The second kappa shape index (κ2) is 7.56. The molecule has 1 aliphatic rings. The van der Waals surface area contributed by atoms with Gasteiger partial charge in [-0.1, -0.05) is 0 Å². The molecule has 1 aromatic heterocycles. The molecule has 1 fully saturated rings. The van der Waals surface area contributed by atoms with E-state index in [1.165, 1.54) is 0 Å². The number of imidazole rings is 1. The SMILES string of the molecule is O=C(c1ccc(NS(=O)O)cc1)N1CCN(Cc2cnc[nH]2)CC1. The predicted molar refractivity (Wildman–Crippen MR) is 90.6 cm³/mol. The van der Waals surface area contributed by atoms with Gasteiger partial charge in [-0.3, -0.25) is 19.0 Å². The minimum Gasteiger partial charge on any atom is -0.347 e. The maximum Gasteiger partial charge on any atom is 0.259 e. The van der Waals surface area contributed by atoms with Gasteiger partial charge < -0.3 is 9.88 Å². The molecule has 1 aliphatic heterocycles. The van der Waals surface area contributed by atoms with Crippen molar-refractivity contribution in [3.63, 3.8) is 0 Å². The summed E-state index contributed by atoms with van der Waals surface area (Å²) in [5.41, 5.74) is 2.14. The zero-order valence-corrected chi connectivity index (χ0v) is 13.8. The molecule has 1 atom stereocenters.